The molecular weight excluding hydrogens is 222 g/mol. The molecule has 2 N–H and O–H groups in total. The Labute approximate surface area is 88.1 Å². The molecule has 0 saturated heterocycles. The molecule has 86 valence electrons. The van der Waals surface area contributed by atoms with Crippen LogP contribution in [-0.4, -0.2) is 30.5 Å². The average Bonchev–Trinajstić information content (AvgIpc) is 1.99. The van der Waals surface area contributed by atoms with Crippen molar-refractivity contribution in [2.24, 2.45) is 5.41 Å². The van der Waals surface area contributed by atoms with Crippen LogP contribution in [-0.2, 0) is 19.7 Å². The standard InChI is InChI=1S/C8H13NO5S/c1-4-6(10)9-7(11)8(2,3)5-15(12,13)14/h4H,1,5H2,2-3H3,(H,9,10,11)(H,12,13,14). The van der Waals surface area contributed by atoms with Crippen LogP contribution in [0.25, 0.3) is 0 Å². The van der Waals surface area contributed by atoms with Crippen LogP contribution in [0.2, 0.25) is 0 Å². The number of carbonyl (C=O) groups is 2. The lowest BCUT2D eigenvalue weighted by Gasteiger charge is -2.20. The highest BCUT2D eigenvalue weighted by Crippen LogP contribution is 2.17. The van der Waals surface area contributed by atoms with Crippen molar-refractivity contribution in [2.45, 2.75) is 13.8 Å². The Bertz CT molecular complexity index is 382. The Morgan fingerprint density at radius 2 is 1.93 bits per heavy atom. The van der Waals surface area contributed by atoms with E-state index in [1.165, 1.54) is 13.8 Å². The van der Waals surface area contributed by atoms with Gasteiger partial charge in [0.25, 0.3) is 10.1 Å². The minimum absolute atomic E-state index is 0.719. The normalized spacial score (nSPS) is 11.9. The van der Waals surface area contributed by atoms with Gasteiger partial charge in [-0.05, 0) is 19.9 Å². The van der Waals surface area contributed by atoms with E-state index in [2.05, 4.69) is 6.58 Å². The van der Waals surface area contributed by atoms with Gasteiger partial charge in [-0.3, -0.25) is 19.5 Å². The zero-order chi connectivity index (χ0) is 12.3. The van der Waals surface area contributed by atoms with Gasteiger partial charge in [0, 0.05) is 0 Å². The van der Waals surface area contributed by atoms with Gasteiger partial charge >= 0.3 is 0 Å². The molecule has 0 unspecified atom stereocenters. The summed E-state index contributed by atoms with van der Waals surface area (Å²) >= 11 is 0. The molecule has 0 fully saturated rings. The van der Waals surface area contributed by atoms with Crippen molar-refractivity contribution in [1.29, 1.82) is 0 Å². The molecule has 0 radical (unpaired) electrons. The molecule has 0 heterocycles. The SMILES string of the molecule is C=CC(=O)NC(=O)C(C)(C)CS(=O)(=O)O. The van der Waals surface area contributed by atoms with Crippen molar-refractivity contribution in [2.75, 3.05) is 5.75 Å². The number of imide groups is 1. The monoisotopic (exact) mass is 235 g/mol. The molecule has 0 atom stereocenters. The van der Waals surface area contributed by atoms with Gasteiger partial charge < -0.3 is 0 Å². The summed E-state index contributed by atoms with van der Waals surface area (Å²) < 4.78 is 29.7. The predicted molar refractivity (Wildman–Crippen MR) is 53.5 cm³/mol. The Morgan fingerprint density at radius 3 is 2.27 bits per heavy atom. The van der Waals surface area contributed by atoms with E-state index in [0.29, 0.717) is 0 Å². The number of hydrogen-bond donors (Lipinski definition) is 2. The molecule has 15 heavy (non-hydrogen) atoms. The fourth-order valence-corrected chi connectivity index (χ4v) is 1.90. The number of nitrogens with one attached hydrogen (secondary N) is 1. The van der Waals surface area contributed by atoms with Gasteiger partial charge in [-0.15, -0.1) is 0 Å². The van der Waals surface area contributed by atoms with Crippen molar-refractivity contribution < 1.29 is 22.6 Å². The van der Waals surface area contributed by atoms with Crippen LogP contribution >= 0.6 is 0 Å². The maximum atomic E-state index is 11.4. The Hall–Kier alpha value is -1.21. The fraction of sp³-hybridized carbons (Fsp3) is 0.500. The lowest BCUT2D eigenvalue weighted by Crippen LogP contribution is -2.43. The van der Waals surface area contributed by atoms with E-state index in [9.17, 15) is 18.0 Å². The molecule has 0 aromatic heterocycles. The first-order valence-electron chi connectivity index (χ1n) is 4.01. The maximum Gasteiger partial charge on any atom is 0.265 e. The smallest absolute Gasteiger partial charge is 0.265 e. The molecule has 2 amide bonds. The summed E-state index contributed by atoms with van der Waals surface area (Å²) in [7, 11) is -4.27. The summed E-state index contributed by atoms with van der Waals surface area (Å²) in [6.07, 6.45) is 0.890. The van der Waals surface area contributed by atoms with E-state index in [0.717, 1.165) is 6.08 Å². The largest absolute Gasteiger partial charge is 0.292 e. The molecular formula is C8H13NO5S. The van der Waals surface area contributed by atoms with Crippen molar-refractivity contribution in [3.8, 4) is 0 Å². The molecule has 0 aliphatic heterocycles. The van der Waals surface area contributed by atoms with Crippen LogP contribution in [0.5, 0.6) is 0 Å². The van der Waals surface area contributed by atoms with E-state index < -0.39 is 33.1 Å². The second-order valence-corrected chi connectivity index (χ2v) is 5.09. The molecule has 0 aromatic rings. The summed E-state index contributed by atoms with van der Waals surface area (Å²) in [5.74, 6) is -2.26. The van der Waals surface area contributed by atoms with Crippen LogP contribution in [0.1, 0.15) is 13.8 Å². The summed E-state index contributed by atoms with van der Waals surface area (Å²) in [6, 6.07) is 0. The Morgan fingerprint density at radius 1 is 1.47 bits per heavy atom. The fourth-order valence-electron chi connectivity index (χ4n) is 0.854. The van der Waals surface area contributed by atoms with Crippen LogP contribution in [0, 0.1) is 5.41 Å². The highest BCUT2D eigenvalue weighted by molar-refractivity contribution is 7.85. The van der Waals surface area contributed by atoms with Gasteiger partial charge in [-0.25, -0.2) is 0 Å². The number of carbonyl (C=O) groups excluding carboxylic acids is 2. The van der Waals surface area contributed by atoms with Crippen molar-refractivity contribution in [3.05, 3.63) is 12.7 Å². The minimum Gasteiger partial charge on any atom is -0.292 e. The third kappa shape index (κ3) is 5.28. The van der Waals surface area contributed by atoms with Crippen LogP contribution < -0.4 is 5.32 Å². The Balaban J connectivity index is 4.67. The molecule has 0 spiro atoms. The Kier molecular flexibility index (Phi) is 4.17. The minimum atomic E-state index is -4.27. The van der Waals surface area contributed by atoms with Crippen LogP contribution in [0.15, 0.2) is 12.7 Å². The molecule has 0 bridgehead atoms. The van der Waals surface area contributed by atoms with Crippen molar-refractivity contribution >= 4 is 21.9 Å². The zero-order valence-corrected chi connectivity index (χ0v) is 9.30. The van der Waals surface area contributed by atoms with E-state index in [4.69, 9.17) is 4.55 Å². The van der Waals surface area contributed by atoms with E-state index in [1.54, 1.807) is 0 Å². The van der Waals surface area contributed by atoms with Gasteiger partial charge in [0.2, 0.25) is 11.8 Å². The average molecular weight is 235 g/mol. The second kappa shape index (κ2) is 4.54. The first-order valence-corrected chi connectivity index (χ1v) is 5.62. The molecule has 0 saturated carbocycles. The third-order valence-corrected chi connectivity index (χ3v) is 2.67. The first kappa shape index (κ1) is 13.8. The van der Waals surface area contributed by atoms with Crippen LogP contribution in [0.4, 0.5) is 0 Å². The summed E-state index contributed by atoms with van der Waals surface area (Å²) in [5, 5.41) is 1.92. The summed E-state index contributed by atoms with van der Waals surface area (Å²) in [4.78, 5) is 22.1. The highest BCUT2D eigenvalue weighted by Gasteiger charge is 2.33. The zero-order valence-electron chi connectivity index (χ0n) is 8.48. The molecule has 0 aliphatic rings. The lowest BCUT2D eigenvalue weighted by atomic mass is 9.95. The molecule has 7 heteroatoms. The molecule has 6 nitrogen and oxygen atoms in total. The van der Waals surface area contributed by atoms with Gasteiger partial charge in [0.15, 0.2) is 0 Å². The predicted octanol–water partition coefficient (Wildman–Crippen LogP) is -0.271. The van der Waals surface area contributed by atoms with Crippen molar-refractivity contribution in [3.63, 3.8) is 0 Å². The van der Waals surface area contributed by atoms with E-state index >= 15 is 0 Å². The summed E-state index contributed by atoms with van der Waals surface area (Å²) in [5.41, 5.74) is -1.38. The second-order valence-electron chi connectivity index (χ2n) is 3.63. The lowest BCUT2D eigenvalue weighted by molar-refractivity contribution is -0.133. The van der Waals surface area contributed by atoms with Gasteiger partial charge in [0.05, 0.1) is 11.2 Å². The molecule has 0 aliphatic carbocycles. The molecule has 0 rings (SSSR count). The molecule has 0 aromatic carbocycles. The highest BCUT2D eigenvalue weighted by atomic mass is 32.2. The van der Waals surface area contributed by atoms with Gasteiger partial charge in [-0.2, -0.15) is 8.42 Å². The van der Waals surface area contributed by atoms with Gasteiger partial charge in [0.1, 0.15) is 0 Å². The van der Waals surface area contributed by atoms with Crippen molar-refractivity contribution in [1.82, 2.24) is 5.32 Å². The van der Waals surface area contributed by atoms with Crippen LogP contribution in [0.3, 0.4) is 0 Å². The van der Waals surface area contributed by atoms with E-state index in [1.807, 2.05) is 5.32 Å². The topological polar surface area (TPSA) is 101 Å². The quantitative estimate of drug-likeness (QED) is 0.516. The number of amides is 2. The number of hydrogen-bond acceptors (Lipinski definition) is 4. The number of rotatable bonds is 4. The first-order chi connectivity index (χ1) is 6.58. The summed E-state index contributed by atoms with van der Waals surface area (Å²) in [6.45, 7) is 5.73. The maximum absolute atomic E-state index is 11.4. The van der Waals surface area contributed by atoms with Gasteiger partial charge in [-0.1, -0.05) is 6.58 Å². The van der Waals surface area contributed by atoms with E-state index in [-0.39, 0.29) is 0 Å². The third-order valence-electron chi connectivity index (χ3n) is 1.58.